The molecule has 152 valence electrons. The van der Waals surface area contributed by atoms with Gasteiger partial charge in [-0.2, -0.15) is 0 Å². The zero-order chi connectivity index (χ0) is 20.2. The number of para-hydroxylation sites is 1. The smallest absolute Gasteiger partial charge is 0.260 e. The molecule has 0 spiro atoms. The highest BCUT2D eigenvalue weighted by molar-refractivity contribution is 7.22. The van der Waals surface area contributed by atoms with Gasteiger partial charge in [-0.3, -0.25) is 9.69 Å². The van der Waals surface area contributed by atoms with Gasteiger partial charge in [0.25, 0.3) is 5.91 Å². The third kappa shape index (κ3) is 4.66. The van der Waals surface area contributed by atoms with Crippen LogP contribution in [0, 0.1) is 13.8 Å². The summed E-state index contributed by atoms with van der Waals surface area (Å²) in [5.41, 5.74) is 4.00. The lowest BCUT2D eigenvalue weighted by Gasteiger charge is -2.25. The maximum absolute atomic E-state index is 13.4. The number of morpholine rings is 1. The first-order valence-electron chi connectivity index (χ1n) is 10.3. The molecule has 1 aliphatic heterocycles. The number of carbonyl (C=O) groups is 1. The highest BCUT2D eigenvalue weighted by Crippen LogP contribution is 2.31. The Labute approximate surface area is 175 Å². The Morgan fingerprint density at radius 3 is 2.62 bits per heavy atom. The monoisotopic (exact) mass is 410 g/mol. The molecule has 4 rings (SSSR count). The second kappa shape index (κ2) is 9.03. The molecule has 29 heavy (non-hydrogen) atoms. The minimum absolute atomic E-state index is 0.0266. The van der Waals surface area contributed by atoms with Gasteiger partial charge in [0.15, 0.2) is 5.13 Å². The van der Waals surface area contributed by atoms with Gasteiger partial charge in [-0.05, 0) is 37.6 Å². The van der Waals surface area contributed by atoms with Crippen molar-refractivity contribution in [1.29, 1.82) is 0 Å². The summed E-state index contributed by atoms with van der Waals surface area (Å²) in [5, 5.41) is 0.789. The number of nitrogens with one attached hydrogen (secondary N) is 1. The van der Waals surface area contributed by atoms with Crippen molar-refractivity contribution in [2.45, 2.75) is 20.3 Å². The molecule has 1 N–H and O–H groups in total. The van der Waals surface area contributed by atoms with Crippen LogP contribution in [0.5, 0.6) is 0 Å². The predicted octanol–water partition coefficient (Wildman–Crippen LogP) is 2.87. The summed E-state index contributed by atoms with van der Waals surface area (Å²) < 4.78 is 6.58. The molecule has 6 heteroatoms. The van der Waals surface area contributed by atoms with Crippen LogP contribution in [0.4, 0.5) is 5.13 Å². The molecule has 0 saturated carbocycles. The Balaban J connectivity index is 1.57. The first kappa shape index (κ1) is 20.0. The summed E-state index contributed by atoms with van der Waals surface area (Å²) in [6.45, 7) is 9.59. The number of ether oxygens (including phenoxy) is 1. The Kier molecular flexibility index (Phi) is 6.23. The van der Waals surface area contributed by atoms with Crippen molar-refractivity contribution in [3.8, 4) is 0 Å². The van der Waals surface area contributed by atoms with E-state index in [-0.39, 0.29) is 5.91 Å². The van der Waals surface area contributed by atoms with Crippen LogP contribution < -0.4 is 9.80 Å². The number of aryl methyl sites for hydroxylation is 2. The number of nitrogens with zero attached hydrogens (tertiary/aromatic N) is 2. The second-order valence-corrected chi connectivity index (χ2v) is 8.72. The number of amides is 1. The summed E-state index contributed by atoms with van der Waals surface area (Å²) in [6, 6.07) is 14.0. The molecule has 1 aliphatic rings. The van der Waals surface area contributed by atoms with Gasteiger partial charge < -0.3 is 9.64 Å². The van der Waals surface area contributed by atoms with Gasteiger partial charge >= 0.3 is 0 Å². The van der Waals surface area contributed by atoms with Crippen LogP contribution in [-0.2, 0) is 4.74 Å². The SMILES string of the molecule is Cc1ccc(C(=O)N(CCC[NH+]2CCOCC2)c2nc3c(C)cccc3s2)cc1. The molecule has 0 atom stereocenters. The quantitative estimate of drug-likeness (QED) is 0.680. The molecule has 5 nitrogen and oxygen atoms in total. The molecule has 0 aliphatic carbocycles. The highest BCUT2D eigenvalue weighted by atomic mass is 32.1. The van der Waals surface area contributed by atoms with Gasteiger partial charge in [-0.15, -0.1) is 0 Å². The molecular weight excluding hydrogens is 382 g/mol. The number of hydrogen-bond acceptors (Lipinski definition) is 4. The highest BCUT2D eigenvalue weighted by Gasteiger charge is 2.22. The fourth-order valence-corrected chi connectivity index (χ4v) is 4.79. The summed E-state index contributed by atoms with van der Waals surface area (Å²) in [7, 11) is 0. The lowest BCUT2D eigenvalue weighted by atomic mass is 10.1. The van der Waals surface area contributed by atoms with E-state index >= 15 is 0 Å². The zero-order valence-electron chi connectivity index (χ0n) is 17.1. The number of carbonyl (C=O) groups excluding carboxylic acids is 1. The average molecular weight is 411 g/mol. The molecule has 2 heterocycles. The van der Waals surface area contributed by atoms with Crippen molar-refractivity contribution in [1.82, 2.24) is 4.98 Å². The third-order valence-corrected chi connectivity index (χ3v) is 6.54. The molecular formula is C23H28N3O2S+. The molecule has 3 aromatic rings. The van der Waals surface area contributed by atoms with E-state index in [4.69, 9.17) is 9.72 Å². The molecule has 1 aromatic heterocycles. The van der Waals surface area contributed by atoms with Gasteiger partial charge in [-0.1, -0.05) is 41.2 Å². The number of aromatic nitrogens is 1. The summed E-state index contributed by atoms with van der Waals surface area (Å²) >= 11 is 1.60. The number of benzene rings is 2. The molecule has 1 amide bonds. The standard InChI is InChI=1S/C23H27N3O2S/c1-17-7-9-19(10-8-17)22(27)26(12-4-11-25-13-15-28-16-14-25)23-24-21-18(2)5-3-6-20(21)29-23/h3,5-10H,4,11-16H2,1-2H3/p+1. The Hall–Kier alpha value is -2.28. The maximum Gasteiger partial charge on any atom is 0.260 e. The molecule has 1 fully saturated rings. The zero-order valence-corrected chi connectivity index (χ0v) is 17.9. The van der Waals surface area contributed by atoms with Crippen molar-refractivity contribution in [2.75, 3.05) is 44.3 Å². The number of rotatable bonds is 6. The number of anilines is 1. The normalized spacial score (nSPS) is 15.0. The fourth-order valence-electron chi connectivity index (χ4n) is 3.72. The van der Waals surface area contributed by atoms with Gasteiger partial charge in [0, 0.05) is 18.5 Å². The van der Waals surface area contributed by atoms with Crippen LogP contribution in [0.3, 0.4) is 0 Å². The van der Waals surface area contributed by atoms with E-state index in [0.717, 1.165) is 65.7 Å². The van der Waals surface area contributed by atoms with Crippen molar-refractivity contribution in [2.24, 2.45) is 0 Å². The Morgan fingerprint density at radius 1 is 1.14 bits per heavy atom. The van der Waals surface area contributed by atoms with E-state index in [2.05, 4.69) is 19.1 Å². The Morgan fingerprint density at radius 2 is 1.90 bits per heavy atom. The van der Waals surface area contributed by atoms with Crippen LogP contribution in [0.1, 0.15) is 27.9 Å². The minimum Gasteiger partial charge on any atom is -0.370 e. The van der Waals surface area contributed by atoms with Crippen molar-refractivity contribution in [3.63, 3.8) is 0 Å². The number of quaternary nitrogens is 1. The van der Waals surface area contributed by atoms with Gasteiger partial charge in [0.1, 0.15) is 13.1 Å². The molecule has 0 unspecified atom stereocenters. The summed E-state index contributed by atoms with van der Waals surface area (Å²) in [6.07, 6.45) is 0.946. The van der Waals surface area contributed by atoms with E-state index in [1.54, 1.807) is 16.2 Å². The molecule has 2 aromatic carbocycles. The minimum atomic E-state index is 0.0266. The first-order chi connectivity index (χ1) is 14.1. The van der Waals surface area contributed by atoms with E-state index in [9.17, 15) is 4.79 Å². The number of fused-ring (bicyclic) bond motifs is 1. The number of hydrogen-bond donors (Lipinski definition) is 1. The number of thiazole rings is 1. The van der Waals surface area contributed by atoms with E-state index in [1.165, 1.54) is 0 Å². The Bertz CT molecular complexity index is 977. The third-order valence-electron chi connectivity index (χ3n) is 5.50. The predicted molar refractivity (Wildman–Crippen MR) is 118 cm³/mol. The second-order valence-electron chi connectivity index (χ2n) is 7.71. The van der Waals surface area contributed by atoms with E-state index in [0.29, 0.717) is 12.1 Å². The first-order valence-corrected chi connectivity index (χ1v) is 11.1. The van der Waals surface area contributed by atoms with Crippen LogP contribution in [0.15, 0.2) is 42.5 Å². The summed E-state index contributed by atoms with van der Waals surface area (Å²) in [5.74, 6) is 0.0266. The van der Waals surface area contributed by atoms with Crippen molar-refractivity contribution < 1.29 is 14.4 Å². The van der Waals surface area contributed by atoms with E-state index in [1.807, 2.05) is 42.2 Å². The fraction of sp³-hybridized carbons (Fsp3) is 0.391. The van der Waals surface area contributed by atoms with Gasteiger partial charge in [0.2, 0.25) is 0 Å². The van der Waals surface area contributed by atoms with Crippen LogP contribution in [0.25, 0.3) is 10.2 Å². The van der Waals surface area contributed by atoms with Crippen LogP contribution in [-0.4, -0.2) is 50.3 Å². The topological polar surface area (TPSA) is 46.9 Å². The van der Waals surface area contributed by atoms with Crippen molar-refractivity contribution in [3.05, 3.63) is 59.2 Å². The van der Waals surface area contributed by atoms with Crippen molar-refractivity contribution >= 4 is 32.6 Å². The average Bonchev–Trinajstić information content (AvgIpc) is 3.17. The lowest BCUT2D eigenvalue weighted by Crippen LogP contribution is -3.14. The van der Waals surface area contributed by atoms with Crippen LogP contribution >= 0.6 is 11.3 Å². The molecule has 0 bridgehead atoms. The van der Waals surface area contributed by atoms with Gasteiger partial charge in [-0.25, -0.2) is 4.98 Å². The summed E-state index contributed by atoms with van der Waals surface area (Å²) in [4.78, 5) is 21.6. The lowest BCUT2D eigenvalue weighted by molar-refractivity contribution is -0.908. The molecule has 1 saturated heterocycles. The largest absolute Gasteiger partial charge is 0.370 e. The molecule has 0 radical (unpaired) electrons. The van der Waals surface area contributed by atoms with Gasteiger partial charge in [0.05, 0.1) is 30.0 Å². The van der Waals surface area contributed by atoms with E-state index < -0.39 is 0 Å². The van der Waals surface area contributed by atoms with Crippen LogP contribution in [0.2, 0.25) is 0 Å². The maximum atomic E-state index is 13.4.